The van der Waals surface area contributed by atoms with Crippen LogP contribution in [0.4, 0.5) is 0 Å². The van der Waals surface area contributed by atoms with E-state index in [9.17, 15) is 14.4 Å². The Kier molecular flexibility index (Phi) is 6.95. The molecule has 0 N–H and O–H groups in total. The highest BCUT2D eigenvalue weighted by atomic mass is 16.5. The van der Waals surface area contributed by atoms with Gasteiger partial charge in [-0.15, -0.1) is 0 Å². The van der Waals surface area contributed by atoms with Crippen molar-refractivity contribution in [1.29, 1.82) is 0 Å². The maximum Gasteiger partial charge on any atom is 0.359 e. The van der Waals surface area contributed by atoms with Gasteiger partial charge in [0.1, 0.15) is 5.75 Å². The van der Waals surface area contributed by atoms with E-state index in [0.29, 0.717) is 28.6 Å². The summed E-state index contributed by atoms with van der Waals surface area (Å²) in [4.78, 5) is 37.7. The van der Waals surface area contributed by atoms with Gasteiger partial charge in [0.15, 0.2) is 18.1 Å². The molecular weight excluding hydrogens is 384 g/mol. The van der Waals surface area contributed by atoms with Crippen molar-refractivity contribution in [2.24, 2.45) is 0 Å². The molecule has 0 aliphatic carbocycles. The summed E-state index contributed by atoms with van der Waals surface area (Å²) in [5, 5.41) is 5.06. The summed E-state index contributed by atoms with van der Waals surface area (Å²) in [5.41, 5.74) is 0.197. The average Bonchev–Trinajstić information content (AvgIpc) is 2.79. The van der Waals surface area contributed by atoms with E-state index >= 15 is 0 Å². The van der Waals surface area contributed by atoms with Gasteiger partial charge in [0.2, 0.25) is 0 Å². The first-order valence-electron chi connectivity index (χ1n) is 9.89. The number of carbonyl (C=O) groups excluding carboxylic acids is 2. The largest absolute Gasteiger partial charge is 0.497 e. The van der Waals surface area contributed by atoms with Gasteiger partial charge >= 0.3 is 5.97 Å². The Labute approximate surface area is 174 Å². The van der Waals surface area contributed by atoms with E-state index in [1.807, 2.05) is 0 Å². The molecule has 7 heteroatoms. The van der Waals surface area contributed by atoms with Gasteiger partial charge in [-0.25, -0.2) is 9.48 Å². The fourth-order valence-corrected chi connectivity index (χ4v) is 3.11. The van der Waals surface area contributed by atoms with Gasteiger partial charge in [-0.05, 0) is 36.8 Å². The molecule has 0 bridgehead atoms. The quantitative estimate of drug-likeness (QED) is 0.305. The van der Waals surface area contributed by atoms with Gasteiger partial charge < -0.3 is 9.47 Å². The number of ketones is 1. The number of unbranched alkanes of at least 4 members (excludes halogenated alkanes) is 2. The highest BCUT2D eigenvalue weighted by Gasteiger charge is 2.19. The van der Waals surface area contributed by atoms with Crippen molar-refractivity contribution in [2.75, 3.05) is 13.7 Å². The highest BCUT2D eigenvalue weighted by Crippen LogP contribution is 2.16. The topological polar surface area (TPSA) is 87.5 Å². The number of fused-ring (bicyclic) bond motifs is 1. The molecule has 0 saturated heterocycles. The lowest BCUT2D eigenvalue weighted by Crippen LogP contribution is -2.27. The number of aromatic nitrogens is 2. The molecule has 0 spiro atoms. The number of methoxy groups -OCH3 is 1. The summed E-state index contributed by atoms with van der Waals surface area (Å²) in [6.07, 6.45) is 2.74. The van der Waals surface area contributed by atoms with Crippen LogP contribution in [0.3, 0.4) is 0 Å². The Morgan fingerprint density at radius 2 is 1.70 bits per heavy atom. The standard InChI is InChI=1S/C23H24N2O5/c1-3-4-7-14-25-22(27)19-9-6-5-8-18(19)21(24-25)23(28)30-15-20(26)16-10-12-17(29-2)13-11-16/h5-6,8-13H,3-4,7,14-15H2,1-2H3. The molecule has 0 amide bonds. The molecule has 1 aromatic heterocycles. The van der Waals surface area contributed by atoms with Gasteiger partial charge in [-0.2, -0.15) is 5.10 Å². The number of rotatable bonds is 9. The van der Waals surface area contributed by atoms with Crippen LogP contribution in [0.25, 0.3) is 10.8 Å². The number of hydrogen-bond acceptors (Lipinski definition) is 6. The van der Waals surface area contributed by atoms with Gasteiger partial charge in [0.05, 0.1) is 12.5 Å². The van der Waals surface area contributed by atoms with Crippen molar-refractivity contribution in [2.45, 2.75) is 32.7 Å². The predicted molar refractivity (Wildman–Crippen MR) is 113 cm³/mol. The Hall–Kier alpha value is -3.48. The molecule has 156 valence electrons. The minimum Gasteiger partial charge on any atom is -0.497 e. The van der Waals surface area contributed by atoms with Crippen LogP contribution in [0.2, 0.25) is 0 Å². The van der Waals surface area contributed by atoms with Crippen molar-refractivity contribution >= 4 is 22.5 Å². The van der Waals surface area contributed by atoms with Crippen molar-refractivity contribution in [3.63, 3.8) is 0 Å². The molecular formula is C23H24N2O5. The minimum absolute atomic E-state index is 0.0317. The Bertz CT molecular complexity index is 1100. The first-order valence-corrected chi connectivity index (χ1v) is 9.89. The molecule has 2 aromatic carbocycles. The summed E-state index contributed by atoms with van der Waals surface area (Å²) in [6.45, 7) is 2.07. The molecule has 3 rings (SSSR count). The van der Waals surface area contributed by atoms with Crippen LogP contribution in [0.5, 0.6) is 5.75 Å². The SMILES string of the molecule is CCCCCn1nc(C(=O)OCC(=O)c2ccc(OC)cc2)c2ccccc2c1=O. The van der Waals surface area contributed by atoms with E-state index in [-0.39, 0.29) is 17.0 Å². The van der Waals surface area contributed by atoms with Crippen LogP contribution in [0.15, 0.2) is 53.3 Å². The zero-order valence-electron chi connectivity index (χ0n) is 17.1. The lowest BCUT2D eigenvalue weighted by molar-refractivity contribution is 0.0468. The van der Waals surface area contributed by atoms with Crippen molar-refractivity contribution in [3.05, 3.63) is 70.1 Å². The van der Waals surface area contributed by atoms with E-state index in [1.165, 1.54) is 11.8 Å². The smallest absolute Gasteiger partial charge is 0.359 e. The lowest BCUT2D eigenvalue weighted by Gasteiger charge is -2.11. The van der Waals surface area contributed by atoms with Crippen LogP contribution >= 0.6 is 0 Å². The highest BCUT2D eigenvalue weighted by molar-refractivity contribution is 6.04. The second kappa shape index (κ2) is 9.82. The third-order valence-electron chi connectivity index (χ3n) is 4.78. The second-order valence-corrected chi connectivity index (χ2v) is 6.86. The maximum absolute atomic E-state index is 12.7. The van der Waals surface area contributed by atoms with Crippen LogP contribution in [-0.2, 0) is 11.3 Å². The normalized spacial score (nSPS) is 10.7. The van der Waals surface area contributed by atoms with Gasteiger partial charge in [0.25, 0.3) is 5.56 Å². The zero-order chi connectivity index (χ0) is 21.5. The van der Waals surface area contributed by atoms with Gasteiger partial charge in [-0.3, -0.25) is 9.59 Å². The lowest BCUT2D eigenvalue weighted by atomic mass is 10.1. The first-order chi connectivity index (χ1) is 14.5. The number of hydrogen-bond donors (Lipinski definition) is 0. The average molecular weight is 408 g/mol. The van der Waals surface area contributed by atoms with E-state index in [0.717, 1.165) is 19.3 Å². The monoisotopic (exact) mass is 408 g/mol. The van der Waals surface area contributed by atoms with Gasteiger partial charge in [-0.1, -0.05) is 38.0 Å². The third kappa shape index (κ3) is 4.74. The summed E-state index contributed by atoms with van der Waals surface area (Å²) in [7, 11) is 1.54. The number of ether oxygens (including phenoxy) is 2. The molecule has 0 unspecified atom stereocenters. The predicted octanol–water partition coefficient (Wildman–Crippen LogP) is 3.64. The Balaban J connectivity index is 1.81. The number of aryl methyl sites for hydroxylation is 1. The molecule has 0 aliphatic rings. The second-order valence-electron chi connectivity index (χ2n) is 6.86. The van der Waals surface area contributed by atoms with E-state index in [1.54, 1.807) is 48.5 Å². The van der Waals surface area contributed by atoms with Crippen LogP contribution in [0, 0.1) is 0 Å². The number of Topliss-reactive ketones (excluding diaryl/α,β-unsaturated/α-hetero) is 1. The summed E-state index contributed by atoms with van der Waals surface area (Å²) in [5.74, 6) is -0.451. The molecule has 0 fully saturated rings. The number of nitrogens with zero attached hydrogens (tertiary/aromatic N) is 2. The fraction of sp³-hybridized carbons (Fsp3) is 0.304. The van der Waals surface area contributed by atoms with E-state index in [4.69, 9.17) is 9.47 Å². The molecule has 0 saturated carbocycles. The molecule has 1 heterocycles. The number of carbonyl (C=O) groups is 2. The minimum atomic E-state index is -0.739. The number of esters is 1. The van der Waals surface area contributed by atoms with Crippen LogP contribution in [0.1, 0.15) is 47.0 Å². The van der Waals surface area contributed by atoms with E-state index in [2.05, 4.69) is 12.0 Å². The summed E-state index contributed by atoms with van der Waals surface area (Å²) < 4.78 is 11.6. The van der Waals surface area contributed by atoms with Crippen LogP contribution in [-0.4, -0.2) is 35.2 Å². The summed E-state index contributed by atoms with van der Waals surface area (Å²) >= 11 is 0. The molecule has 30 heavy (non-hydrogen) atoms. The van der Waals surface area contributed by atoms with Crippen molar-refractivity contribution in [3.8, 4) is 5.75 Å². The third-order valence-corrected chi connectivity index (χ3v) is 4.78. The molecule has 7 nitrogen and oxygen atoms in total. The molecule has 3 aromatic rings. The molecule has 0 atom stereocenters. The summed E-state index contributed by atoms with van der Waals surface area (Å²) in [6, 6.07) is 13.3. The first kappa shape index (κ1) is 21.2. The number of benzene rings is 2. The molecule has 0 aliphatic heterocycles. The van der Waals surface area contributed by atoms with Crippen molar-refractivity contribution < 1.29 is 19.1 Å². The van der Waals surface area contributed by atoms with Gasteiger partial charge in [0, 0.05) is 17.5 Å². The Morgan fingerprint density at radius 1 is 1.00 bits per heavy atom. The fourth-order valence-electron chi connectivity index (χ4n) is 3.11. The molecule has 0 radical (unpaired) electrons. The van der Waals surface area contributed by atoms with E-state index < -0.39 is 12.6 Å². The van der Waals surface area contributed by atoms with Crippen LogP contribution < -0.4 is 10.3 Å². The van der Waals surface area contributed by atoms with Crippen molar-refractivity contribution in [1.82, 2.24) is 9.78 Å². The Morgan fingerprint density at radius 3 is 2.37 bits per heavy atom. The maximum atomic E-state index is 12.7. The zero-order valence-corrected chi connectivity index (χ0v) is 17.1.